The Balaban J connectivity index is 1.84. The van der Waals surface area contributed by atoms with Gasteiger partial charge in [0.15, 0.2) is 5.69 Å². The minimum atomic E-state index is -4.03. The van der Waals surface area contributed by atoms with Crippen molar-refractivity contribution in [1.29, 1.82) is 0 Å². The molecule has 9 heteroatoms. The number of sulfonamides is 1. The van der Waals surface area contributed by atoms with Crippen LogP contribution in [0.25, 0.3) is 11.3 Å². The zero-order valence-electron chi connectivity index (χ0n) is 18.0. The first-order chi connectivity index (χ1) is 16.3. The summed E-state index contributed by atoms with van der Waals surface area (Å²) in [6, 6.07) is 18.2. The highest BCUT2D eigenvalue weighted by Crippen LogP contribution is 2.45. The van der Waals surface area contributed by atoms with Gasteiger partial charge in [0, 0.05) is 22.2 Å². The molecule has 0 bridgehead atoms. The molecule has 5 rings (SSSR count). The molecule has 0 spiro atoms. The van der Waals surface area contributed by atoms with Crippen LogP contribution in [0.15, 0.2) is 84.1 Å². The quantitative estimate of drug-likeness (QED) is 0.276. The van der Waals surface area contributed by atoms with Gasteiger partial charge in [-0.25, -0.2) is 13.1 Å². The van der Waals surface area contributed by atoms with Crippen LogP contribution in [0, 0.1) is 12.1 Å². The molecule has 0 radical (unpaired) electrons. The number of benzene rings is 3. The van der Waals surface area contributed by atoms with E-state index in [2.05, 4.69) is 4.98 Å². The highest BCUT2D eigenvalue weighted by atomic mass is 35.5. The molecule has 0 saturated carbocycles. The van der Waals surface area contributed by atoms with Gasteiger partial charge in [0.05, 0.1) is 16.5 Å². The van der Waals surface area contributed by atoms with Crippen molar-refractivity contribution in [3.63, 3.8) is 0 Å². The van der Waals surface area contributed by atoms with Crippen molar-refractivity contribution in [3.05, 3.63) is 117 Å². The normalized spacial score (nSPS) is 15.9. The number of hydrogen-bond acceptors (Lipinski definition) is 4. The predicted molar refractivity (Wildman–Crippen MR) is 131 cm³/mol. The van der Waals surface area contributed by atoms with Gasteiger partial charge < -0.3 is 5.21 Å². The third-order valence-corrected chi connectivity index (χ3v) is 8.30. The van der Waals surface area contributed by atoms with E-state index in [1.165, 1.54) is 10.5 Å². The summed E-state index contributed by atoms with van der Waals surface area (Å²) in [6.07, 6.45) is 2.51. The Hall–Kier alpha value is -2.97. The second kappa shape index (κ2) is 8.67. The van der Waals surface area contributed by atoms with Crippen molar-refractivity contribution >= 4 is 33.2 Å². The Morgan fingerprint density at radius 3 is 2.50 bits per heavy atom. The molecule has 1 aromatic heterocycles. The maximum atomic E-state index is 14.1. The summed E-state index contributed by atoms with van der Waals surface area (Å²) in [5, 5.41) is 13.0. The van der Waals surface area contributed by atoms with E-state index in [1.54, 1.807) is 60.7 Å². The van der Waals surface area contributed by atoms with Gasteiger partial charge >= 0.3 is 0 Å². The second-order valence-electron chi connectivity index (χ2n) is 8.13. The Morgan fingerprint density at radius 2 is 1.76 bits per heavy atom. The number of aromatic nitrogens is 2. The minimum Gasteiger partial charge on any atom is -0.711 e. The Labute approximate surface area is 207 Å². The lowest BCUT2D eigenvalue weighted by atomic mass is 9.93. The molecule has 1 aliphatic heterocycles. The van der Waals surface area contributed by atoms with E-state index >= 15 is 0 Å². The molecule has 3 aromatic carbocycles. The first kappa shape index (κ1) is 22.8. The molecular weight excluding hydrogens is 493 g/mol. The smallest absolute Gasteiger partial charge is 0.289 e. The number of hydrogen-bond donors (Lipinski definition) is 0. The molecule has 0 aliphatic carbocycles. The van der Waals surface area contributed by atoms with Gasteiger partial charge in [-0.3, -0.25) is 0 Å². The molecule has 0 fully saturated rings. The van der Waals surface area contributed by atoms with Crippen LogP contribution in [0.2, 0.25) is 10.0 Å². The van der Waals surface area contributed by atoms with E-state index in [0.717, 1.165) is 11.9 Å². The standard InChI is InChI=1S/C25H19Cl2N3O3S/c1-16-6-9-19(10-7-16)34(32,33)30-14-17-13-29(31)15-28-24(17)20-11-8-18(26)12-22(20)25(30)21-4-2-3-5-23(21)27/h2-13,15,25H,14H2,1H3. The highest BCUT2D eigenvalue weighted by Gasteiger charge is 2.40. The molecule has 172 valence electrons. The average Bonchev–Trinajstić information content (AvgIpc) is 2.94. The molecule has 2 heterocycles. The van der Waals surface area contributed by atoms with E-state index in [9.17, 15) is 13.6 Å². The van der Waals surface area contributed by atoms with E-state index in [4.69, 9.17) is 23.2 Å². The van der Waals surface area contributed by atoms with E-state index in [1.807, 2.05) is 13.0 Å². The van der Waals surface area contributed by atoms with Crippen molar-refractivity contribution in [1.82, 2.24) is 9.29 Å². The minimum absolute atomic E-state index is 0.0796. The average molecular weight is 512 g/mol. The molecule has 0 amide bonds. The van der Waals surface area contributed by atoms with Crippen LogP contribution in [-0.2, 0) is 16.6 Å². The van der Waals surface area contributed by atoms with Crippen molar-refractivity contribution < 1.29 is 13.1 Å². The third kappa shape index (κ3) is 3.95. The number of nitrogens with zero attached hydrogens (tertiary/aromatic N) is 3. The van der Waals surface area contributed by atoms with Crippen LogP contribution >= 0.6 is 23.2 Å². The van der Waals surface area contributed by atoms with Crippen LogP contribution in [0.1, 0.15) is 28.3 Å². The molecular formula is C25H19Cl2N3O3S. The van der Waals surface area contributed by atoms with Crippen molar-refractivity contribution in [2.75, 3.05) is 0 Å². The predicted octanol–water partition coefficient (Wildman–Crippen LogP) is 5.29. The maximum absolute atomic E-state index is 14.1. The first-order valence-electron chi connectivity index (χ1n) is 10.5. The summed E-state index contributed by atoms with van der Waals surface area (Å²) < 4.78 is 30.1. The van der Waals surface area contributed by atoms with E-state index < -0.39 is 16.1 Å². The fourth-order valence-corrected chi connectivity index (χ4v) is 6.27. The molecule has 0 saturated heterocycles. The van der Waals surface area contributed by atoms with Crippen molar-refractivity contribution in [2.45, 2.75) is 24.4 Å². The van der Waals surface area contributed by atoms with Crippen LogP contribution in [0.3, 0.4) is 0 Å². The van der Waals surface area contributed by atoms with E-state index in [0.29, 0.717) is 42.7 Å². The van der Waals surface area contributed by atoms with Crippen molar-refractivity contribution in [3.8, 4) is 11.3 Å². The first-order valence-corrected chi connectivity index (χ1v) is 12.7. The summed E-state index contributed by atoms with van der Waals surface area (Å²) >= 11 is 13.0. The molecule has 1 aliphatic rings. The van der Waals surface area contributed by atoms with Gasteiger partial charge in [0.25, 0.3) is 6.33 Å². The van der Waals surface area contributed by atoms with Gasteiger partial charge in [0.2, 0.25) is 10.0 Å². The fourth-order valence-electron chi connectivity index (χ4n) is 4.28. The lowest BCUT2D eigenvalue weighted by molar-refractivity contribution is -0.609. The van der Waals surface area contributed by atoms with Gasteiger partial charge in [-0.2, -0.15) is 4.31 Å². The van der Waals surface area contributed by atoms with Crippen LogP contribution in [0.4, 0.5) is 0 Å². The molecule has 4 aromatic rings. The van der Waals surface area contributed by atoms with Gasteiger partial charge in [-0.1, -0.05) is 59.1 Å². The lowest BCUT2D eigenvalue weighted by Gasteiger charge is -2.31. The highest BCUT2D eigenvalue weighted by molar-refractivity contribution is 7.89. The van der Waals surface area contributed by atoms with Crippen LogP contribution < -0.4 is 4.73 Å². The Morgan fingerprint density at radius 1 is 1.03 bits per heavy atom. The number of halogens is 2. The third-order valence-electron chi connectivity index (χ3n) is 5.89. The summed E-state index contributed by atoms with van der Waals surface area (Å²) in [5.41, 5.74) is 3.86. The zero-order valence-corrected chi connectivity index (χ0v) is 20.3. The zero-order chi connectivity index (χ0) is 24.0. The molecule has 0 N–H and O–H groups in total. The summed E-state index contributed by atoms with van der Waals surface area (Å²) in [5.74, 6) is 0. The summed E-state index contributed by atoms with van der Waals surface area (Å²) in [7, 11) is -4.03. The lowest BCUT2D eigenvalue weighted by Crippen LogP contribution is -2.35. The van der Waals surface area contributed by atoms with Gasteiger partial charge in [-0.05, 0) is 59.4 Å². The Kier molecular flexibility index (Phi) is 5.81. The SMILES string of the molecule is Cc1ccc(S(=O)(=O)N2Cc3c[n+]([O-])cnc3-c3ccc(Cl)cc3C2c2ccccc2Cl)cc1. The van der Waals surface area contributed by atoms with Crippen LogP contribution in [0.5, 0.6) is 0 Å². The largest absolute Gasteiger partial charge is 0.711 e. The Bertz CT molecular complexity index is 1510. The number of rotatable bonds is 3. The summed E-state index contributed by atoms with van der Waals surface area (Å²) in [6.45, 7) is 1.81. The second-order valence-corrected chi connectivity index (χ2v) is 10.9. The topological polar surface area (TPSA) is 77.2 Å². The van der Waals surface area contributed by atoms with Gasteiger partial charge in [0.1, 0.15) is 6.20 Å². The maximum Gasteiger partial charge on any atom is 0.289 e. The fraction of sp³-hybridized carbons (Fsp3) is 0.120. The molecule has 1 atom stereocenters. The number of aryl methyl sites for hydroxylation is 1. The van der Waals surface area contributed by atoms with Gasteiger partial charge in [-0.15, -0.1) is 0 Å². The molecule has 6 nitrogen and oxygen atoms in total. The number of fused-ring (bicyclic) bond motifs is 3. The van der Waals surface area contributed by atoms with Crippen LogP contribution in [-0.4, -0.2) is 17.7 Å². The van der Waals surface area contributed by atoms with Crippen molar-refractivity contribution in [2.24, 2.45) is 0 Å². The monoisotopic (exact) mass is 511 g/mol. The summed E-state index contributed by atoms with van der Waals surface area (Å²) in [4.78, 5) is 4.49. The molecule has 34 heavy (non-hydrogen) atoms. The molecule has 1 unspecified atom stereocenters. The van der Waals surface area contributed by atoms with E-state index in [-0.39, 0.29) is 11.4 Å².